The van der Waals surface area contributed by atoms with Crippen LogP contribution in [0.1, 0.15) is 33.1 Å². The number of nitrogens with one attached hydrogen (secondary N) is 1. The van der Waals surface area contributed by atoms with Crippen LogP contribution in [0.5, 0.6) is 0 Å². The summed E-state index contributed by atoms with van der Waals surface area (Å²) < 4.78 is 5.04. The zero-order chi connectivity index (χ0) is 12.0. The molecule has 0 aromatic rings. The number of hydrogen-bond acceptors (Lipinski definition) is 3. The van der Waals surface area contributed by atoms with Crippen molar-refractivity contribution in [3.63, 3.8) is 0 Å². The number of likely N-dealkylation sites (N-methyl/N-ethyl adjacent to an activating group) is 1. The fraction of sp³-hybridized carbons (Fsp3) is 0.917. The normalized spacial score (nSPS) is 24.7. The number of carbonyl (C=O) groups excluding carboxylic acids is 1. The van der Waals surface area contributed by atoms with Crippen LogP contribution in [0.3, 0.4) is 0 Å². The second kappa shape index (κ2) is 6.21. The molecular weight excluding hydrogens is 204 g/mol. The number of methoxy groups -OCH3 is 1. The first-order valence-electron chi connectivity index (χ1n) is 6.23. The molecule has 1 aliphatic heterocycles. The van der Waals surface area contributed by atoms with Gasteiger partial charge in [-0.15, -0.1) is 0 Å². The van der Waals surface area contributed by atoms with Gasteiger partial charge in [0.25, 0.3) is 0 Å². The van der Waals surface area contributed by atoms with Crippen LogP contribution in [0, 0.1) is 0 Å². The Hall–Kier alpha value is -0.610. The minimum Gasteiger partial charge on any atom is -0.383 e. The zero-order valence-electron chi connectivity index (χ0n) is 10.7. The highest BCUT2D eigenvalue weighted by Gasteiger charge is 2.41. The summed E-state index contributed by atoms with van der Waals surface area (Å²) in [5.74, 6) is 0.243. The fourth-order valence-corrected chi connectivity index (χ4v) is 2.35. The van der Waals surface area contributed by atoms with Gasteiger partial charge in [-0.2, -0.15) is 0 Å². The molecule has 0 saturated carbocycles. The number of nitrogens with zero attached hydrogens (tertiary/aromatic N) is 1. The number of amides is 1. The van der Waals surface area contributed by atoms with Gasteiger partial charge in [0.05, 0.1) is 12.1 Å². The van der Waals surface area contributed by atoms with E-state index in [0.29, 0.717) is 13.2 Å². The molecule has 1 atom stereocenters. The predicted molar refractivity (Wildman–Crippen MR) is 64.4 cm³/mol. The fourth-order valence-electron chi connectivity index (χ4n) is 2.35. The molecule has 0 aliphatic carbocycles. The third-order valence-electron chi connectivity index (χ3n) is 3.49. The number of hydrogen-bond donors (Lipinski definition) is 1. The highest BCUT2D eigenvalue weighted by atomic mass is 16.5. The van der Waals surface area contributed by atoms with Crippen LogP contribution in [0.25, 0.3) is 0 Å². The largest absolute Gasteiger partial charge is 0.383 e. The van der Waals surface area contributed by atoms with Gasteiger partial charge in [-0.05, 0) is 32.7 Å². The van der Waals surface area contributed by atoms with Crippen LogP contribution < -0.4 is 5.32 Å². The van der Waals surface area contributed by atoms with E-state index in [1.54, 1.807) is 7.11 Å². The van der Waals surface area contributed by atoms with E-state index in [0.717, 1.165) is 32.4 Å². The molecule has 1 heterocycles. The van der Waals surface area contributed by atoms with Crippen molar-refractivity contribution in [1.82, 2.24) is 10.2 Å². The quantitative estimate of drug-likeness (QED) is 0.738. The van der Waals surface area contributed by atoms with Crippen molar-refractivity contribution in [2.24, 2.45) is 0 Å². The van der Waals surface area contributed by atoms with Crippen molar-refractivity contribution >= 4 is 5.91 Å². The van der Waals surface area contributed by atoms with Gasteiger partial charge in [0, 0.05) is 20.2 Å². The lowest BCUT2D eigenvalue weighted by Crippen LogP contribution is -2.55. The van der Waals surface area contributed by atoms with Gasteiger partial charge >= 0.3 is 0 Å². The topological polar surface area (TPSA) is 41.6 Å². The van der Waals surface area contributed by atoms with Crippen molar-refractivity contribution in [2.75, 3.05) is 33.4 Å². The molecule has 1 saturated heterocycles. The third-order valence-corrected chi connectivity index (χ3v) is 3.49. The van der Waals surface area contributed by atoms with E-state index in [2.05, 4.69) is 12.2 Å². The second-order valence-corrected chi connectivity index (χ2v) is 4.34. The summed E-state index contributed by atoms with van der Waals surface area (Å²) in [6.45, 7) is 7.12. The average Bonchev–Trinajstić information content (AvgIpc) is 2.79. The summed E-state index contributed by atoms with van der Waals surface area (Å²) in [5, 5.41) is 3.38. The Labute approximate surface area is 98.3 Å². The van der Waals surface area contributed by atoms with E-state index in [4.69, 9.17) is 4.74 Å². The van der Waals surface area contributed by atoms with E-state index < -0.39 is 0 Å². The molecule has 1 rings (SSSR count). The molecule has 4 nitrogen and oxygen atoms in total. The summed E-state index contributed by atoms with van der Waals surface area (Å²) in [6.07, 6.45) is 2.93. The summed E-state index contributed by atoms with van der Waals surface area (Å²) in [7, 11) is 1.67. The van der Waals surface area contributed by atoms with Crippen molar-refractivity contribution in [3.05, 3.63) is 0 Å². The molecule has 1 unspecified atom stereocenters. The molecule has 1 amide bonds. The van der Waals surface area contributed by atoms with Crippen molar-refractivity contribution in [1.29, 1.82) is 0 Å². The van der Waals surface area contributed by atoms with Crippen LogP contribution in [-0.2, 0) is 9.53 Å². The lowest BCUT2D eigenvalue weighted by molar-refractivity contribution is -0.138. The molecule has 0 radical (unpaired) electrons. The molecule has 0 aromatic heterocycles. The number of carbonyl (C=O) groups is 1. The summed E-state index contributed by atoms with van der Waals surface area (Å²) in [6, 6.07) is 0. The molecule has 1 aliphatic rings. The maximum absolute atomic E-state index is 12.4. The Kier molecular flexibility index (Phi) is 5.22. The van der Waals surface area contributed by atoms with Gasteiger partial charge in [0.2, 0.25) is 5.91 Å². The monoisotopic (exact) mass is 228 g/mol. The summed E-state index contributed by atoms with van der Waals surface area (Å²) >= 11 is 0. The Morgan fingerprint density at radius 3 is 2.69 bits per heavy atom. The summed E-state index contributed by atoms with van der Waals surface area (Å²) in [5.41, 5.74) is -0.302. The predicted octanol–water partition coefficient (Wildman–Crippen LogP) is 1.01. The van der Waals surface area contributed by atoms with Gasteiger partial charge in [-0.1, -0.05) is 6.92 Å². The first-order valence-corrected chi connectivity index (χ1v) is 6.23. The van der Waals surface area contributed by atoms with Gasteiger partial charge in [-0.25, -0.2) is 0 Å². The minimum absolute atomic E-state index is 0.243. The Balaban J connectivity index is 2.64. The van der Waals surface area contributed by atoms with Gasteiger partial charge in [0.1, 0.15) is 0 Å². The maximum Gasteiger partial charge on any atom is 0.242 e. The molecule has 16 heavy (non-hydrogen) atoms. The molecule has 0 aromatic carbocycles. The zero-order valence-corrected chi connectivity index (χ0v) is 10.7. The standard InChI is InChI=1S/C12H24N2O2/c1-4-12(7-6-8-13-12)11(15)14(5-2)9-10-16-3/h13H,4-10H2,1-3H3. The van der Waals surface area contributed by atoms with Crippen LogP contribution in [0.4, 0.5) is 0 Å². The van der Waals surface area contributed by atoms with Gasteiger partial charge in [0.15, 0.2) is 0 Å². The Morgan fingerprint density at radius 2 is 2.25 bits per heavy atom. The van der Waals surface area contributed by atoms with Crippen LogP contribution in [0.2, 0.25) is 0 Å². The second-order valence-electron chi connectivity index (χ2n) is 4.34. The lowest BCUT2D eigenvalue weighted by atomic mass is 9.92. The Bertz CT molecular complexity index is 225. The SMILES string of the molecule is CCN(CCOC)C(=O)C1(CC)CCCN1. The highest BCUT2D eigenvalue weighted by molar-refractivity contribution is 5.86. The minimum atomic E-state index is -0.302. The van der Waals surface area contributed by atoms with Crippen molar-refractivity contribution < 1.29 is 9.53 Å². The van der Waals surface area contributed by atoms with Crippen LogP contribution in [0.15, 0.2) is 0 Å². The number of ether oxygens (including phenoxy) is 1. The van der Waals surface area contributed by atoms with Crippen molar-refractivity contribution in [3.8, 4) is 0 Å². The molecule has 0 spiro atoms. The van der Waals surface area contributed by atoms with E-state index in [9.17, 15) is 4.79 Å². The van der Waals surface area contributed by atoms with E-state index in [1.165, 1.54) is 0 Å². The first-order chi connectivity index (χ1) is 7.70. The average molecular weight is 228 g/mol. The molecule has 1 N–H and O–H groups in total. The van der Waals surface area contributed by atoms with Crippen LogP contribution in [-0.4, -0.2) is 49.7 Å². The van der Waals surface area contributed by atoms with Gasteiger partial charge < -0.3 is 15.0 Å². The van der Waals surface area contributed by atoms with E-state index >= 15 is 0 Å². The van der Waals surface area contributed by atoms with Gasteiger partial charge in [-0.3, -0.25) is 4.79 Å². The van der Waals surface area contributed by atoms with Crippen LogP contribution >= 0.6 is 0 Å². The third kappa shape index (κ3) is 2.74. The molecule has 0 bridgehead atoms. The van der Waals surface area contributed by atoms with Crippen molar-refractivity contribution in [2.45, 2.75) is 38.6 Å². The molecule has 1 fully saturated rings. The maximum atomic E-state index is 12.4. The molecule has 4 heteroatoms. The molecular formula is C12H24N2O2. The first kappa shape index (κ1) is 13.5. The van der Waals surface area contributed by atoms with E-state index in [1.807, 2.05) is 11.8 Å². The molecule has 94 valence electrons. The smallest absolute Gasteiger partial charge is 0.242 e. The lowest BCUT2D eigenvalue weighted by Gasteiger charge is -2.33. The van der Waals surface area contributed by atoms with E-state index in [-0.39, 0.29) is 11.4 Å². The number of rotatable bonds is 6. The Morgan fingerprint density at radius 1 is 1.50 bits per heavy atom. The summed E-state index contributed by atoms with van der Waals surface area (Å²) in [4.78, 5) is 14.3. The highest BCUT2D eigenvalue weighted by Crippen LogP contribution is 2.25.